The van der Waals surface area contributed by atoms with Crippen molar-refractivity contribution >= 4 is 33.0 Å². The zero-order valence-corrected chi connectivity index (χ0v) is 19.6. The molecule has 1 atom stereocenters. The van der Waals surface area contributed by atoms with Crippen LogP contribution in [0.3, 0.4) is 0 Å². The largest absolute Gasteiger partial charge is 0.494 e. The van der Waals surface area contributed by atoms with Crippen LogP contribution in [0.4, 0.5) is 5.69 Å². The average molecular weight is 489 g/mol. The first kappa shape index (κ1) is 23.1. The minimum Gasteiger partial charge on any atom is -0.494 e. The van der Waals surface area contributed by atoms with Crippen LogP contribution in [0.25, 0.3) is 10.6 Å². The van der Waals surface area contributed by atoms with Gasteiger partial charge in [-0.25, -0.2) is 13.5 Å². The van der Waals surface area contributed by atoms with Gasteiger partial charge in [-0.2, -0.15) is 9.40 Å². The standard InChI is InChI=1S/C22H24N4O5S2/c1-2-31-17-7-5-16(6-8-17)23-22(28)15-4-3-13-26(14-15)33(29,30)21-12-10-19(32-21)18-9-11-20(27)25-24-18/h5-12,15H,2-4,13-14H2,1H3,(H,23,28)(H,25,27)/t15-/m0/s1. The second-order valence-electron chi connectivity index (χ2n) is 7.57. The van der Waals surface area contributed by atoms with Crippen LogP contribution in [-0.4, -0.2) is 48.5 Å². The second kappa shape index (κ2) is 9.86. The Morgan fingerprint density at radius 2 is 2.00 bits per heavy atom. The minimum atomic E-state index is -3.75. The normalized spacial score (nSPS) is 16.9. The Hall–Kier alpha value is -3.02. The number of thiophene rings is 1. The Morgan fingerprint density at radius 3 is 2.70 bits per heavy atom. The topological polar surface area (TPSA) is 121 Å². The fraction of sp³-hybridized carbons (Fsp3) is 0.318. The lowest BCUT2D eigenvalue weighted by atomic mass is 9.99. The number of anilines is 1. The van der Waals surface area contributed by atoms with Crippen molar-refractivity contribution in [2.24, 2.45) is 5.92 Å². The van der Waals surface area contributed by atoms with Gasteiger partial charge in [0.15, 0.2) is 0 Å². The monoisotopic (exact) mass is 488 g/mol. The number of benzene rings is 1. The number of sulfonamides is 1. The molecule has 0 radical (unpaired) electrons. The summed E-state index contributed by atoms with van der Waals surface area (Å²) in [7, 11) is -3.75. The maximum absolute atomic E-state index is 13.2. The minimum absolute atomic E-state index is 0.120. The van der Waals surface area contributed by atoms with E-state index in [1.807, 2.05) is 6.92 Å². The van der Waals surface area contributed by atoms with Gasteiger partial charge in [0.05, 0.1) is 17.4 Å². The lowest BCUT2D eigenvalue weighted by Crippen LogP contribution is -2.43. The molecule has 1 saturated heterocycles. The number of H-pyrrole nitrogens is 1. The Morgan fingerprint density at radius 1 is 1.21 bits per heavy atom. The van der Waals surface area contributed by atoms with E-state index in [0.29, 0.717) is 42.3 Å². The molecule has 1 amide bonds. The molecule has 1 aliphatic rings. The van der Waals surface area contributed by atoms with Crippen molar-refractivity contribution in [1.29, 1.82) is 0 Å². The maximum Gasteiger partial charge on any atom is 0.264 e. The fourth-order valence-corrected chi connectivity index (χ4v) is 6.58. The van der Waals surface area contributed by atoms with Gasteiger partial charge in [0.1, 0.15) is 15.7 Å². The van der Waals surface area contributed by atoms with E-state index in [4.69, 9.17) is 4.74 Å². The van der Waals surface area contributed by atoms with Crippen molar-refractivity contribution in [3.63, 3.8) is 0 Å². The third kappa shape index (κ3) is 5.32. The van der Waals surface area contributed by atoms with E-state index in [2.05, 4.69) is 15.5 Å². The third-order valence-corrected chi connectivity index (χ3v) is 8.74. The molecular formula is C22H24N4O5S2. The smallest absolute Gasteiger partial charge is 0.264 e. The van der Waals surface area contributed by atoms with Gasteiger partial charge < -0.3 is 10.1 Å². The molecule has 0 saturated carbocycles. The van der Waals surface area contributed by atoms with Gasteiger partial charge >= 0.3 is 0 Å². The predicted molar refractivity (Wildman–Crippen MR) is 126 cm³/mol. The molecule has 3 aromatic rings. The van der Waals surface area contributed by atoms with E-state index in [0.717, 1.165) is 17.1 Å². The predicted octanol–water partition coefficient (Wildman–Crippen LogP) is 2.94. The summed E-state index contributed by atoms with van der Waals surface area (Å²) in [5.41, 5.74) is 0.804. The van der Waals surface area contributed by atoms with Crippen LogP contribution in [0.15, 0.2) is 57.5 Å². The molecule has 9 nitrogen and oxygen atoms in total. The van der Waals surface area contributed by atoms with Crippen molar-refractivity contribution in [2.45, 2.75) is 24.0 Å². The van der Waals surface area contributed by atoms with Gasteiger partial charge in [-0.15, -0.1) is 11.3 Å². The quantitative estimate of drug-likeness (QED) is 0.527. The summed E-state index contributed by atoms with van der Waals surface area (Å²) >= 11 is 1.08. The number of nitrogens with one attached hydrogen (secondary N) is 2. The van der Waals surface area contributed by atoms with Gasteiger partial charge in [-0.05, 0) is 62.2 Å². The lowest BCUT2D eigenvalue weighted by molar-refractivity contribution is -0.120. The number of rotatable bonds is 7. The summed E-state index contributed by atoms with van der Waals surface area (Å²) in [6.45, 7) is 2.94. The number of amides is 1. The summed E-state index contributed by atoms with van der Waals surface area (Å²) in [5, 5.41) is 9.17. The molecule has 2 aromatic heterocycles. The van der Waals surface area contributed by atoms with Crippen LogP contribution >= 0.6 is 11.3 Å². The molecule has 1 aliphatic heterocycles. The van der Waals surface area contributed by atoms with E-state index >= 15 is 0 Å². The number of hydrogen-bond donors (Lipinski definition) is 2. The van der Waals surface area contributed by atoms with E-state index in [9.17, 15) is 18.0 Å². The molecule has 0 spiro atoms. The molecule has 11 heteroatoms. The molecule has 4 rings (SSSR count). The highest BCUT2D eigenvalue weighted by molar-refractivity contribution is 7.91. The molecule has 2 N–H and O–H groups in total. The Labute approximate surface area is 195 Å². The first-order chi connectivity index (χ1) is 15.9. The molecule has 0 unspecified atom stereocenters. The second-order valence-corrected chi connectivity index (χ2v) is 10.8. The van der Waals surface area contributed by atoms with Gasteiger partial charge in [0, 0.05) is 24.8 Å². The molecule has 0 bridgehead atoms. The van der Waals surface area contributed by atoms with E-state index in [1.54, 1.807) is 36.4 Å². The van der Waals surface area contributed by atoms with Crippen molar-refractivity contribution in [3.8, 4) is 16.3 Å². The molecule has 0 aliphatic carbocycles. The molecule has 33 heavy (non-hydrogen) atoms. The highest BCUT2D eigenvalue weighted by Crippen LogP contribution is 2.32. The van der Waals surface area contributed by atoms with Crippen molar-refractivity contribution in [1.82, 2.24) is 14.5 Å². The summed E-state index contributed by atoms with van der Waals surface area (Å²) in [6, 6.07) is 13.2. The first-order valence-corrected chi connectivity index (χ1v) is 12.8. The van der Waals surface area contributed by atoms with Crippen LogP contribution in [0.2, 0.25) is 0 Å². The van der Waals surface area contributed by atoms with E-state index < -0.39 is 15.9 Å². The zero-order chi connectivity index (χ0) is 23.4. The van der Waals surface area contributed by atoms with Crippen LogP contribution < -0.4 is 15.6 Å². The number of aromatic amines is 1. The number of hydrogen-bond acceptors (Lipinski definition) is 7. The summed E-state index contributed by atoms with van der Waals surface area (Å²) in [4.78, 5) is 24.6. The Bertz CT molecular complexity index is 1260. The van der Waals surface area contributed by atoms with Crippen LogP contribution in [0.1, 0.15) is 19.8 Å². The van der Waals surface area contributed by atoms with E-state index in [1.165, 1.54) is 16.4 Å². The van der Waals surface area contributed by atoms with Crippen LogP contribution in [0, 0.1) is 5.92 Å². The SMILES string of the molecule is CCOc1ccc(NC(=O)[C@H]2CCCN(S(=O)(=O)c3ccc(-c4ccc(=O)[nH]n4)s3)C2)cc1. The number of ether oxygens (including phenoxy) is 1. The number of aromatic nitrogens is 2. The molecule has 174 valence electrons. The summed E-state index contributed by atoms with van der Waals surface area (Å²) < 4.78 is 33.4. The third-order valence-electron chi connectivity index (χ3n) is 5.29. The fourth-order valence-electron chi connectivity index (χ4n) is 3.63. The van der Waals surface area contributed by atoms with Crippen LogP contribution in [0.5, 0.6) is 5.75 Å². The number of piperidine rings is 1. The first-order valence-electron chi connectivity index (χ1n) is 10.6. The van der Waals surface area contributed by atoms with Gasteiger partial charge in [-0.1, -0.05) is 0 Å². The molecule has 3 heterocycles. The van der Waals surface area contributed by atoms with Crippen LogP contribution in [-0.2, 0) is 14.8 Å². The van der Waals surface area contributed by atoms with Gasteiger partial charge in [0.2, 0.25) is 5.91 Å². The molecule has 1 fully saturated rings. The summed E-state index contributed by atoms with van der Waals surface area (Å²) in [6.07, 6.45) is 1.21. The lowest BCUT2D eigenvalue weighted by Gasteiger charge is -2.30. The number of nitrogens with zero attached hydrogens (tertiary/aromatic N) is 2. The van der Waals surface area contributed by atoms with Crippen molar-refractivity contribution < 1.29 is 17.9 Å². The summed E-state index contributed by atoms with van der Waals surface area (Å²) in [5.74, 6) is 0.0709. The van der Waals surface area contributed by atoms with Crippen molar-refractivity contribution in [2.75, 3.05) is 25.0 Å². The zero-order valence-electron chi connectivity index (χ0n) is 18.0. The highest BCUT2D eigenvalue weighted by atomic mass is 32.2. The Balaban J connectivity index is 1.44. The van der Waals surface area contributed by atoms with E-state index in [-0.39, 0.29) is 22.2 Å². The number of carbonyl (C=O) groups excluding carboxylic acids is 1. The maximum atomic E-state index is 13.2. The van der Waals surface area contributed by atoms with Gasteiger partial charge in [0.25, 0.3) is 15.6 Å². The van der Waals surface area contributed by atoms with Gasteiger partial charge in [-0.3, -0.25) is 9.59 Å². The number of carbonyl (C=O) groups is 1. The average Bonchev–Trinajstić information content (AvgIpc) is 3.32. The molecule has 1 aromatic carbocycles. The molecular weight excluding hydrogens is 464 g/mol. The highest BCUT2D eigenvalue weighted by Gasteiger charge is 2.34. The van der Waals surface area contributed by atoms with Crippen molar-refractivity contribution in [3.05, 3.63) is 58.9 Å². The Kier molecular flexibility index (Phi) is 6.91.